The molecule has 0 spiro atoms. The third-order valence-corrected chi connectivity index (χ3v) is 3.71. The van der Waals surface area contributed by atoms with Crippen LogP contribution in [0.5, 0.6) is 0 Å². The van der Waals surface area contributed by atoms with Crippen molar-refractivity contribution >= 4 is 11.9 Å². The Bertz CT molecular complexity index is 663. The summed E-state index contributed by atoms with van der Waals surface area (Å²) >= 11 is 0. The van der Waals surface area contributed by atoms with Crippen molar-refractivity contribution in [3.8, 4) is 0 Å². The standard InChI is InChI=1S/C16H15F6NO4/c17-15(18,19)10-4-9(5-11(6-10)16(20,21)22)14(25)27-8-13(24)23-7-12-2-1-3-26-12/h4-6,12H,1-3,7-8H2,(H,23,24). The van der Waals surface area contributed by atoms with Gasteiger partial charge in [0.25, 0.3) is 5.91 Å². The van der Waals surface area contributed by atoms with Gasteiger partial charge >= 0.3 is 18.3 Å². The van der Waals surface area contributed by atoms with Crippen LogP contribution in [0.2, 0.25) is 0 Å². The molecule has 1 N–H and O–H groups in total. The minimum absolute atomic E-state index is 0.106. The lowest BCUT2D eigenvalue weighted by molar-refractivity contribution is -0.143. The molecule has 0 aromatic heterocycles. The van der Waals surface area contributed by atoms with Crippen LogP contribution in [0.4, 0.5) is 26.3 Å². The van der Waals surface area contributed by atoms with E-state index in [2.05, 4.69) is 10.1 Å². The monoisotopic (exact) mass is 399 g/mol. The lowest BCUT2D eigenvalue weighted by atomic mass is 10.0. The van der Waals surface area contributed by atoms with Crippen molar-refractivity contribution in [1.29, 1.82) is 0 Å². The molecule has 1 heterocycles. The second-order valence-corrected chi connectivity index (χ2v) is 5.81. The van der Waals surface area contributed by atoms with Crippen LogP contribution in [0.1, 0.15) is 34.3 Å². The van der Waals surface area contributed by atoms with E-state index in [1.807, 2.05) is 0 Å². The van der Waals surface area contributed by atoms with Gasteiger partial charge in [-0.05, 0) is 31.0 Å². The molecule has 27 heavy (non-hydrogen) atoms. The third kappa shape index (κ3) is 6.12. The van der Waals surface area contributed by atoms with Crippen molar-refractivity contribution in [3.63, 3.8) is 0 Å². The molecule has 5 nitrogen and oxygen atoms in total. The predicted octanol–water partition coefficient (Wildman–Crippen LogP) is 3.18. The number of esters is 1. The summed E-state index contributed by atoms with van der Waals surface area (Å²) in [6.07, 6.45) is -8.77. The number of hydrogen-bond donors (Lipinski definition) is 1. The molecule has 0 aliphatic carbocycles. The first-order chi connectivity index (χ1) is 12.5. The highest BCUT2D eigenvalue weighted by atomic mass is 19.4. The van der Waals surface area contributed by atoms with Gasteiger partial charge in [0.2, 0.25) is 0 Å². The Morgan fingerprint density at radius 1 is 1.07 bits per heavy atom. The summed E-state index contributed by atoms with van der Waals surface area (Å²) in [5, 5.41) is 2.40. The van der Waals surface area contributed by atoms with Crippen molar-refractivity contribution in [2.75, 3.05) is 19.8 Å². The first-order valence-corrected chi connectivity index (χ1v) is 7.81. The van der Waals surface area contributed by atoms with E-state index in [-0.39, 0.29) is 30.8 Å². The van der Waals surface area contributed by atoms with Crippen LogP contribution in [0.25, 0.3) is 0 Å². The van der Waals surface area contributed by atoms with Crippen molar-refractivity contribution in [2.45, 2.75) is 31.3 Å². The lowest BCUT2D eigenvalue weighted by Gasteiger charge is -2.14. The molecule has 0 saturated carbocycles. The van der Waals surface area contributed by atoms with Crippen LogP contribution in [0.3, 0.4) is 0 Å². The van der Waals surface area contributed by atoms with Crippen LogP contribution in [-0.4, -0.2) is 37.7 Å². The number of nitrogens with one attached hydrogen (secondary N) is 1. The number of hydrogen-bond acceptors (Lipinski definition) is 4. The number of ether oxygens (including phenoxy) is 2. The molecule has 1 aromatic carbocycles. The molecule has 1 saturated heterocycles. The SMILES string of the molecule is O=C(COC(=O)c1cc(C(F)(F)F)cc(C(F)(F)F)c1)NCC1CCCO1. The molecule has 11 heteroatoms. The zero-order chi connectivity index (χ0) is 20.2. The summed E-state index contributed by atoms with van der Waals surface area (Å²) in [6, 6.07) is 0.370. The van der Waals surface area contributed by atoms with Gasteiger partial charge in [-0.2, -0.15) is 26.3 Å². The zero-order valence-electron chi connectivity index (χ0n) is 13.7. The molecule has 2 rings (SSSR count). The fraction of sp³-hybridized carbons (Fsp3) is 0.500. The summed E-state index contributed by atoms with van der Waals surface area (Å²) in [5.41, 5.74) is -4.25. The van der Waals surface area contributed by atoms with Gasteiger partial charge < -0.3 is 14.8 Å². The number of carbonyl (C=O) groups is 2. The smallest absolute Gasteiger partial charge is 0.416 e. The molecule has 1 unspecified atom stereocenters. The fourth-order valence-electron chi connectivity index (χ4n) is 2.37. The number of amides is 1. The Labute approximate surface area is 149 Å². The maximum Gasteiger partial charge on any atom is 0.416 e. The third-order valence-electron chi connectivity index (χ3n) is 3.71. The minimum atomic E-state index is -5.09. The summed E-state index contributed by atoms with van der Waals surface area (Å²) in [6.45, 7) is -0.117. The predicted molar refractivity (Wildman–Crippen MR) is 78.7 cm³/mol. The van der Waals surface area contributed by atoms with Crippen LogP contribution < -0.4 is 5.32 Å². The van der Waals surface area contributed by atoms with Gasteiger partial charge in [0, 0.05) is 13.2 Å². The van der Waals surface area contributed by atoms with E-state index in [9.17, 15) is 35.9 Å². The highest BCUT2D eigenvalue weighted by Gasteiger charge is 2.37. The second kappa shape index (κ2) is 8.15. The Morgan fingerprint density at radius 3 is 2.15 bits per heavy atom. The number of alkyl halides is 6. The lowest BCUT2D eigenvalue weighted by Crippen LogP contribution is -2.34. The first-order valence-electron chi connectivity index (χ1n) is 7.81. The topological polar surface area (TPSA) is 64.6 Å². The summed E-state index contributed by atoms with van der Waals surface area (Å²) in [7, 11) is 0. The first kappa shape index (κ1) is 21.0. The molecule has 150 valence electrons. The van der Waals surface area contributed by atoms with E-state index < -0.39 is 47.5 Å². The zero-order valence-corrected chi connectivity index (χ0v) is 13.7. The van der Waals surface area contributed by atoms with Gasteiger partial charge in [0.1, 0.15) is 0 Å². The molecule has 0 bridgehead atoms. The van der Waals surface area contributed by atoms with Crippen LogP contribution >= 0.6 is 0 Å². The van der Waals surface area contributed by atoms with Crippen molar-refractivity contribution in [2.24, 2.45) is 0 Å². The van der Waals surface area contributed by atoms with E-state index in [4.69, 9.17) is 4.74 Å². The van der Waals surface area contributed by atoms with Crippen LogP contribution in [-0.2, 0) is 26.6 Å². The Morgan fingerprint density at radius 2 is 1.67 bits per heavy atom. The maximum atomic E-state index is 12.8. The van der Waals surface area contributed by atoms with Gasteiger partial charge in [0.15, 0.2) is 6.61 Å². The van der Waals surface area contributed by atoms with Crippen molar-refractivity contribution in [1.82, 2.24) is 5.32 Å². The normalized spacial score (nSPS) is 17.6. The summed E-state index contributed by atoms with van der Waals surface area (Å²) < 4.78 is 86.4. The summed E-state index contributed by atoms with van der Waals surface area (Å²) in [4.78, 5) is 23.4. The molecule has 1 fully saturated rings. The van der Waals surface area contributed by atoms with Crippen LogP contribution in [0.15, 0.2) is 18.2 Å². The quantitative estimate of drug-likeness (QED) is 0.610. The molecule has 1 aliphatic rings. The number of benzene rings is 1. The van der Waals surface area contributed by atoms with Gasteiger partial charge in [-0.15, -0.1) is 0 Å². The number of halogens is 6. The van der Waals surface area contributed by atoms with Gasteiger partial charge in [-0.3, -0.25) is 4.79 Å². The Kier molecular flexibility index (Phi) is 6.34. The fourth-order valence-corrected chi connectivity index (χ4v) is 2.37. The van der Waals surface area contributed by atoms with E-state index in [1.165, 1.54) is 0 Å². The molecular formula is C16H15F6NO4. The van der Waals surface area contributed by atoms with E-state index in [0.29, 0.717) is 6.61 Å². The molecule has 1 aliphatic heterocycles. The van der Waals surface area contributed by atoms with Crippen LogP contribution in [0, 0.1) is 0 Å². The van der Waals surface area contributed by atoms with Gasteiger partial charge in [-0.1, -0.05) is 0 Å². The molecule has 1 atom stereocenters. The number of rotatable bonds is 5. The highest BCUT2D eigenvalue weighted by molar-refractivity contribution is 5.91. The molecule has 1 amide bonds. The van der Waals surface area contributed by atoms with E-state index >= 15 is 0 Å². The highest BCUT2D eigenvalue weighted by Crippen LogP contribution is 2.36. The van der Waals surface area contributed by atoms with Crippen molar-refractivity contribution in [3.05, 3.63) is 34.9 Å². The van der Waals surface area contributed by atoms with E-state index in [1.54, 1.807) is 0 Å². The number of carbonyl (C=O) groups excluding carboxylic acids is 2. The molecule has 1 aromatic rings. The average molecular weight is 399 g/mol. The van der Waals surface area contributed by atoms with Gasteiger partial charge in [0.05, 0.1) is 22.8 Å². The Hall–Kier alpha value is -2.30. The molecular weight excluding hydrogens is 384 g/mol. The van der Waals surface area contributed by atoms with Crippen molar-refractivity contribution < 1.29 is 45.4 Å². The molecule has 0 radical (unpaired) electrons. The average Bonchev–Trinajstić information content (AvgIpc) is 3.09. The maximum absolute atomic E-state index is 12.8. The Balaban J connectivity index is 2.02. The van der Waals surface area contributed by atoms with E-state index in [0.717, 1.165) is 12.8 Å². The summed E-state index contributed by atoms with van der Waals surface area (Å²) in [5.74, 6) is -2.22. The van der Waals surface area contributed by atoms with Gasteiger partial charge in [-0.25, -0.2) is 4.79 Å². The second-order valence-electron chi connectivity index (χ2n) is 5.81. The minimum Gasteiger partial charge on any atom is -0.452 e. The largest absolute Gasteiger partial charge is 0.452 e.